The molecular weight excluding hydrogens is 370 g/mol. The molecule has 0 aromatic heterocycles. The van der Waals surface area contributed by atoms with Gasteiger partial charge in [0.15, 0.2) is 12.2 Å². The third kappa shape index (κ3) is 3.37. The minimum atomic E-state index is -0.525. The molecule has 1 aromatic rings. The molecule has 154 valence electrons. The van der Waals surface area contributed by atoms with Crippen LogP contribution in [0.4, 0.5) is 4.79 Å². The summed E-state index contributed by atoms with van der Waals surface area (Å²) >= 11 is 0. The summed E-state index contributed by atoms with van der Waals surface area (Å²) in [5.41, 5.74) is 1.96. The van der Waals surface area contributed by atoms with Crippen LogP contribution in [0.1, 0.15) is 25.8 Å². The Labute approximate surface area is 171 Å². The molecule has 2 unspecified atom stereocenters. The Morgan fingerprint density at radius 2 is 1.90 bits per heavy atom. The van der Waals surface area contributed by atoms with Crippen molar-refractivity contribution >= 4 is 17.9 Å². The van der Waals surface area contributed by atoms with E-state index in [9.17, 15) is 9.59 Å². The maximum absolute atomic E-state index is 13.3. The zero-order chi connectivity index (χ0) is 20.5. The number of benzene rings is 1. The molecule has 8 nitrogen and oxygen atoms in total. The predicted octanol–water partition coefficient (Wildman–Crippen LogP) is 2.05. The smallest absolute Gasteiger partial charge is 0.328 e. The third-order valence-corrected chi connectivity index (χ3v) is 5.56. The van der Waals surface area contributed by atoms with E-state index in [1.54, 1.807) is 11.9 Å². The fourth-order valence-corrected chi connectivity index (χ4v) is 4.06. The molecule has 8 heteroatoms. The van der Waals surface area contributed by atoms with E-state index in [-0.39, 0.29) is 18.5 Å². The van der Waals surface area contributed by atoms with E-state index in [0.29, 0.717) is 13.2 Å². The highest BCUT2D eigenvalue weighted by atomic mass is 16.5. The molecule has 1 fully saturated rings. The topological polar surface area (TPSA) is 68.7 Å². The SMILES string of the molecule is CCOCCCN1C(C)=CN2C1=NC1C2C(=O)N(Cc2ccccc2)C(=O)N1C. The van der Waals surface area contributed by atoms with Gasteiger partial charge in [-0.2, -0.15) is 0 Å². The molecule has 1 saturated heterocycles. The summed E-state index contributed by atoms with van der Waals surface area (Å²) < 4.78 is 5.44. The minimum Gasteiger partial charge on any atom is -0.382 e. The number of hydrogen-bond donors (Lipinski definition) is 0. The van der Waals surface area contributed by atoms with Crippen LogP contribution in [-0.4, -0.2) is 76.5 Å². The second kappa shape index (κ2) is 7.87. The van der Waals surface area contributed by atoms with Gasteiger partial charge in [-0.25, -0.2) is 9.79 Å². The molecule has 4 rings (SSSR count). The quantitative estimate of drug-likeness (QED) is 0.659. The monoisotopic (exact) mass is 397 g/mol. The van der Waals surface area contributed by atoms with Gasteiger partial charge in [-0.3, -0.25) is 9.69 Å². The number of urea groups is 1. The number of carbonyl (C=O) groups is 2. The number of ether oxygens (including phenoxy) is 1. The maximum Gasteiger partial charge on any atom is 0.328 e. The molecule has 3 amide bonds. The van der Waals surface area contributed by atoms with Gasteiger partial charge in [0.1, 0.15) is 0 Å². The van der Waals surface area contributed by atoms with Crippen LogP contribution in [0, 0.1) is 0 Å². The lowest BCUT2D eigenvalue weighted by Crippen LogP contribution is -2.63. The molecule has 0 aliphatic carbocycles. The molecule has 1 aromatic carbocycles. The Morgan fingerprint density at radius 1 is 1.14 bits per heavy atom. The summed E-state index contributed by atoms with van der Waals surface area (Å²) in [6.07, 6.45) is 2.33. The van der Waals surface area contributed by atoms with Gasteiger partial charge in [-0.05, 0) is 25.8 Å². The first-order chi connectivity index (χ1) is 14.0. The van der Waals surface area contributed by atoms with Crippen LogP contribution in [0.5, 0.6) is 0 Å². The number of nitrogens with zero attached hydrogens (tertiary/aromatic N) is 5. The molecule has 2 atom stereocenters. The van der Waals surface area contributed by atoms with Gasteiger partial charge in [-0.15, -0.1) is 0 Å². The van der Waals surface area contributed by atoms with E-state index in [1.807, 2.05) is 55.3 Å². The molecule has 0 saturated carbocycles. The van der Waals surface area contributed by atoms with E-state index >= 15 is 0 Å². The number of fused-ring (bicyclic) bond motifs is 3. The predicted molar refractivity (Wildman–Crippen MR) is 109 cm³/mol. The van der Waals surface area contributed by atoms with Crippen molar-refractivity contribution in [3.05, 3.63) is 47.8 Å². The number of rotatable bonds is 7. The van der Waals surface area contributed by atoms with Gasteiger partial charge in [0.2, 0.25) is 5.96 Å². The summed E-state index contributed by atoms with van der Waals surface area (Å²) in [7, 11) is 1.71. The number of guanidine groups is 1. The molecule has 29 heavy (non-hydrogen) atoms. The molecule has 0 radical (unpaired) electrons. The van der Waals surface area contributed by atoms with Crippen LogP contribution < -0.4 is 0 Å². The standard InChI is InChI=1S/C21H27N5O3/c1-4-29-12-8-11-24-15(2)13-25-17-18(22-20(24)25)23(3)21(28)26(19(17)27)14-16-9-6-5-7-10-16/h5-7,9-10,13,17-18H,4,8,11-12,14H2,1-3H3. The molecule has 0 bridgehead atoms. The Bertz CT molecular complexity index is 853. The second-order valence-electron chi connectivity index (χ2n) is 7.47. The van der Waals surface area contributed by atoms with Gasteiger partial charge in [0.25, 0.3) is 5.91 Å². The van der Waals surface area contributed by atoms with Crippen molar-refractivity contribution in [2.45, 2.75) is 39.0 Å². The number of likely N-dealkylation sites (N-methyl/N-ethyl adjacent to an activating group) is 1. The second-order valence-corrected chi connectivity index (χ2v) is 7.47. The fraction of sp³-hybridized carbons (Fsp3) is 0.476. The van der Waals surface area contributed by atoms with Gasteiger partial charge in [0, 0.05) is 38.7 Å². The summed E-state index contributed by atoms with van der Waals surface area (Å²) in [4.78, 5) is 37.9. The van der Waals surface area contributed by atoms with E-state index in [4.69, 9.17) is 9.73 Å². The molecular formula is C21H27N5O3. The van der Waals surface area contributed by atoms with Crippen LogP contribution in [0.2, 0.25) is 0 Å². The van der Waals surface area contributed by atoms with E-state index in [1.165, 1.54) is 4.90 Å². The van der Waals surface area contributed by atoms with E-state index in [2.05, 4.69) is 4.90 Å². The Hall–Kier alpha value is -2.87. The number of hydrogen-bond acceptors (Lipinski definition) is 6. The van der Waals surface area contributed by atoms with Crippen LogP contribution in [0.25, 0.3) is 0 Å². The normalized spacial score (nSPS) is 23.4. The molecule has 3 aliphatic rings. The molecule has 0 N–H and O–H groups in total. The van der Waals surface area contributed by atoms with Crippen molar-refractivity contribution in [1.82, 2.24) is 19.6 Å². The summed E-state index contributed by atoms with van der Waals surface area (Å²) in [6, 6.07) is 8.74. The summed E-state index contributed by atoms with van der Waals surface area (Å²) in [5, 5.41) is 0. The van der Waals surface area contributed by atoms with Crippen LogP contribution in [0.3, 0.4) is 0 Å². The van der Waals surface area contributed by atoms with Crippen LogP contribution in [0.15, 0.2) is 47.2 Å². The summed E-state index contributed by atoms with van der Waals surface area (Å²) in [6.45, 7) is 6.40. The minimum absolute atomic E-state index is 0.207. The number of allylic oxidation sites excluding steroid dienone is 1. The average molecular weight is 397 g/mol. The lowest BCUT2D eigenvalue weighted by Gasteiger charge is -2.40. The lowest BCUT2D eigenvalue weighted by atomic mass is 10.1. The van der Waals surface area contributed by atoms with Crippen molar-refractivity contribution in [3.63, 3.8) is 0 Å². The number of aliphatic imine (C=N–C) groups is 1. The van der Waals surface area contributed by atoms with E-state index < -0.39 is 12.2 Å². The first-order valence-corrected chi connectivity index (χ1v) is 10.0. The van der Waals surface area contributed by atoms with Gasteiger partial charge >= 0.3 is 6.03 Å². The van der Waals surface area contributed by atoms with Gasteiger partial charge < -0.3 is 19.4 Å². The number of carbonyl (C=O) groups excluding carboxylic acids is 2. The fourth-order valence-electron chi connectivity index (χ4n) is 4.06. The number of amides is 3. The van der Waals surface area contributed by atoms with Crippen molar-refractivity contribution in [2.75, 3.05) is 26.8 Å². The van der Waals surface area contributed by atoms with Gasteiger partial charge in [-0.1, -0.05) is 30.3 Å². The first kappa shape index (κ1) is 19.4. The number of imide groups is 1. The third-order valence-electron chi connectivity index (χ3n) is 5.56. The molecule has 0 spiro atoms. The van der Waals surface area contributed by atoms with Crippen molar-refractivity contribution in [2.24, 2.45) is 4.99 Å². The highest BCUT2D eigenvalue weighted by Crippen LogP contribution is 2.34. The maximum atomic E-state index is 13.3. The summed E-state index contributed by atoms with van der Waals surface area (Å²) in [5.74, 6) is 0.532. The van der Waals surface area contributed by atoms with Crippen molar-refractivity contribution in [3.8, 4) is 0 Å². The van der Waals surface area contributed by atoms with Crippen LogP contribution in [-0.2, 0) is 16.1 Å². The zero-order valence-electron chi connectivity index (χ0n) is 17.1. The van der Waals surface area contributed by atoms with Gasteiger partial charge in [0.05, 0.1) is 6.54 Å². The van der Waals surface area contributed by atoms with Crippen molar-refractivity contribution in [1.29, 1.82) is 0 Å². The first-order valence-electron chi connectivity index (χ1n) is 10.0. The largest absolute Gasteiger partial charge is 0.382 e. The molecule has 3 aliphatic heterocycles. The highest BCUT2D eigenvalue weighted by Gasteiger charge is 2.54. The molecule has 3 heterocycles. The van der Waals surface area contributed by atoms with Crippen molar-refractivity contribution < 1.29 is 14.3 Å². The highest BCUT2D eigenvalue weighted by molar-refractivity contribution is 6.04. The lowest BCUT2D eigenvalue weighted by molar-refractivity contribution is -0.137. The Kier molecular flexibility index (Phi) is 5.27. The average Bonchev–Trinajstić information content (AvgIpc) is 3.23. The Balaban J connectivity index is 1.54. The Morgan fingerprint density at radius 3 is 2.62 bits per heavy atom. The zero-order valence-corrected chi connectivity index (χ0v) is 17.1. The van der Waals surface area contributed by atoms with Crippen LogP contribution >= 0.6 is 0 Å². The van der Waals surface area contributed by atoms with E-state index in [0.717, 1.165) is 30.2 Å².